The summed E-state index contributed by atoms with van der Waals surface area (Å²) in [5.41, 5.74) is 3.00. The zero-order valence-electron chi connectivity index (χ0n) is 13.5. The summed E-state index contributed by atoms with van der Waals surface area (Å²) in [6.45, 7) is 11.1. The fraction of sp³-hybridized carbons (Fsp3) is 0.647. The van der Waals surface area contributed by atoms with Crippen molar-refractivity contribution in [1.82, 2.24) is 10.2 Å². The van der Waals surface area contributed by atoms with Gasteiger partial charge in [-0.05, 0) is 51.4 Å². The maximum absolute atomic E-state index is 3.26. The summed E-state index contributed by atoms with van der Waals surface area (Å²) in [7, 11) is 4.20. The smallest absolute Gasteiger partial charge is 0.0278 e. The van der Waals surface area contributed by atoms with Gasteiger partial charge in [0.25, 0.3) is 0 Å². The van der Waals surface area contributed by atoms with Gasteiger partial charge in [-0.2, -0.15) is 0 Å². The van der Waals surface area contributed by atoms with E-state index < -0.39 is 0 Å². The van der Waals surface area contributed by atoms with Gasteiger partial charge in [-0.25, -0.2) is 0 Å². The second-order valence-electron chi connectivity index (χ2n) is 6.61. The Morgan fingerprint density at radius 1 is 1.11 bits per heavy atom. The number of likely N-dealkylation sites (N-methyl/N-ethyl adjacent to an activating group) is 2. The molecule has 19 heavy (non-hydrogen) atoms. The Morgan fingerprint density at radius 2 is 1.63 bits per heavy atom. The summed E-state index contributed by atoms with van der Waals surface area (Å²) in [5.74, 6) is 0.725. The molecule has 0 radical (unpaired) electrons. The summed E-state index contributed by atoms with van der Waals surface area (Å²) in [6, 6.07) is 9.08. The molecule has 0 aliphatic heterocycles. The molecule has 1 aromatic carbocycles. The van der Waals surface area contributed by atoms with E-state index in [9.17, 15) is 0 Å². The molecule has 0 aromatic heterocycles. The molecular weight excluding hydrogens is 232 g/mol. The molecule has 0 amide bonds. The third-order valence-corrected chi connectivity index (χ3v) is 3.73. The lowest BCUT2D eigenvalue weighted by Crippen LogP contribution is -2.47. The molecule has 2 heteroatoms. The molecule has 0 heterocycles. The molecule has 2 nitrogen and oxygen atoms in total. The van der Waals surface area contributed by atoms with Gasteiger partial charge in [0.1, 0.15) is 0 Å². The number of rotatable bonds is 7. The van der Waals surface area contributed by atoms with Crippen LogP contribution in [0.2, 0.25) is 0 Å². The van der Waals surface area contributed by atoms with Gasteiger partial charge in [-0.3, -0.25) is 4.90 Å². The second-order valence-corrected chi connectivity index (χ2v) is 6.61. The molecule has 1 aromatic rings. The van der Waals surface area contributed by atoms with Crippen LogP contribution in [0.5, 0.6) is 0 Å². The van der Waals surface area contributed by atoms with Gasteiger partial charge >= 0.3 is 0 Å². The Hall–Kier alpha value is -0.860. The Balaban J connectivity index is 2.62. The molecule has 1 rings (SSSR count). The lowest BCUT2D eigenvalue weighted by molar-refractivity contribution is 0.147. The summed E-state index contributed by atoms with van der Waals surface area (Å²) in [6.07, 6.45) is 1.17. The van der Waals surface area contributed by atoms with Crippen LogP contribution in [0.1, 0.15) is 38.8 Å². The highest BCUT2D eigenvalue weighted by Gasteiger charge is 2.22. The first kappa shape index (κ1) is 16.2. The van der Waals surface area contributed by atoms with E-state index in [0.717, 1.165) is 19.0 Å². The zero-order chi connectivity index (χ0) is 14.5. The van der Waals surface area contributed by atoms with Gasteiger partial charge in [-0.15, -0.1) is 0 Å². The quantitative estimate of drug-likeness (QED) is 0.811. The molecule has 1 N–H and O–H groups in total. The van der Waals surface area contributed by atoms with Gasteiger partial charge in [0.15, 0.2) is 0 Å². The Bertz CT molecular complexity index is 365. The molecule has 108 valence electrons. The van der Waals surface area contributed by atoms with Crippen LogP contribution in [0.15, 0.2) is 24.3 Å². The molecule has 0 unspecified atom stereocenters. The number of benzene rings is 1. The van der Waals surface area contributed by atoms with Crippen molar-refractivity contribution < 1.29 is 0 Å². The standard InChI is InChI=1S/C17H30N2/c1-14(2)11-15-7-9-16(10-8-15)12-19(6)17(3,4)13-18-5/h7-10,14,18H,11-13H2,1-6H3. The Labute approximate surface area is 119 Å². The van der Waals surface area contributed by atoms with Gasteiger partial charge < -0.3 is 5.32 Å². The van der Waals surface area contributed by atoms with E-state index in [0.29, 0.717) is 0 Å². The van der Waals surface area contributed by atoms with Gasteiger partial charge in [0, 0.05) is 18.6 Å². The zero-order valence-corrected chi connectivity index (χ0v) is 13.5. The minimum Gasteiger partial charge on any atom is -0.318 e. The maximum Gasteiger partial charge on any atom is 0.0278 e. The van der Waals surface area contributed by atoms with Crippen LogP contribution in [0, 0.1) is 5.92 Å². The van der Waals surface area contributed by atoms with Crippen molar-refractivity contribution >= 4 is 0 Å². The summed E-state index contributed by atoms with van der Waals surface area (Å²) >= 11 is 0. The van der Waals surface area contributed by atoms with E-state index in [-0.39, 0.29) is 5.54 Å². The summed E-state index contributed by atoms with van der Waals surface area (Å²) < 4.78 is 0. The van der Waals surface area contributed by atoms with Crippen molar-refractivity contribution in [2.75, 3.05) is 20.6 Å². The third kappa shape index (κ3) is 5.33. The predicted molar refractivity (Wildman–Crippen MR) is 84.5 cm³/mol. The first-order chi connectivity index (χ1) is 8.85. The Morgan fingerprint density at radius 3 is 2.11 bits per heavy atom. The molecule has 0 aliphatic carbocycles. The normalized spacial score (nSPS) is 12.4. The number of hydrogen-bond donors (Lipinski definition) is 1. The second kappa shape index (κ2) is 7.06. The summed E-state index contributed by atoms with van der Waals surface area (Å²) in [4.78, 5) is 2.40. The SMILES string of the molecule is CNCC(C)(C)N(C)Cc1ccc(CC(C)C)cc1. The van der Waals surface area contributed by atoms with Crippen LogP contribution in [0.3, 0.4) is 0 Å². The fourth-order valence-electron chi connectivity index (χ4n) is 2.31. The van der Waals surface area contributed by atoms with Crippen molar-refractivity contribution in [3.63, 3.8) is 0 Å². The van der Waals surface area contributed by atoms with E-state index in [4.69, 9.17) is 0 Å². The average Bonchev–Trinajstić information content (AvgIpc) is 2.30. The molecular formula is C17H30N2. The maximum atomic E-state index is 3.26. The van der Waals surface area contributed by atoms with E-state index in [1.807, 2.05) is 7.05 Å². The van der Waals surface area contributed by atoms with Crippen LogP contribution >= 0.6 is 0 Å². The monoisotopic (exact) mass is 262 g/mol. The molecule has 0 atom stereocenters. The molecule has 0 fully saturated rings. The molecule has 0 spiro atoms. The molecule has 0 saturated carbocycles. The lowest BCUT2D eigenvalue weighted by Gasteiger charge is -2.35. The highest BCUT2D eigenvalue weighted by molar-refractivity contribution is 5.23. The van der Waals surface area contributed by atoms with Crippen molar-refractivity contribution in [1.29, 1.82) is 0 Å². The van der Waals surface area contributed by atoms with E-state index in [1.54, 1.807) is 0 Å². The minimum atomic E-state index is 0.172. The van der Waals surface area contributed by atoms with Crippen LogP contribution in [0.25, 0.3) is 0 Å². The highest BCUT2D eigenvalue weighted by atomic mass is 15.2. The fourth-order valence-corrected chi connectivity index (χ4v) is 2.31. The largest absolute Gasteiger partial charge is 0.318 e. The van der Waals surface area contributed by atoms with Crippen LogP contribution in [0.4, 0.5) is 0 Å². The minimum absolute atomic E-state index is 0.172. The predicted octanol–water partition coefficient (Wildman–Crippen LogP) is 3.31. The number of hydrogen-bond acceptors (Lipinski definition) is 2. The highest BCUT2D eigenvalue weighted by Crippen LogP contribution is 2.16. The molecule has 0 bridgehead atoms. The van der Waals surface area contributed by atoms with Crippen molar-refractivity contribution in [3.05, 3.63) is 35.4 Å². The molecule has 0 aliphatic rings. The first-order valence-corrected chi connectivity index (χ1v) is 7.29. The van der Waals surface area contributed by atoms with E-state index >= 15 is 0 Å². The topological polar surface area (TPSA) is 15.3 Å². The van der Waals surface area contributed by atoms with Crippen molar-refractivity contribution in [3.8, 4) is 0 Å². The summed E-state index contributed by atoms with van der Waals surface area (Å²) in [5, 5.41) is 3.26. The van der Waals surface area contributed by atoms with Crippen molar-refractivity contribution in [2.24, 2.45) is 5.92 Å². The van der Waals surface area contributed by atoms with Gasteiger partial charge in [-0.1, -0.05) is 38.1 Å². The Kier molecular flexibility index (Phi) is 6.02. The first-order valence-electron chi connectivity index (χ1n) is 7.29. The van der Waals surface area contributed by atoms with E-state index in [2.05, 4.69) is 69.2 Å². The number of nitrogens with one attached hydrogen (secondary N) is 1. The van der Waals surface area contributed by atoms with Crippen LogP contribution in [-0.4, -0.2) is 31.1 Å². The van der Waals surface area contributed by atoms with Crippen molar-refractivity contribution in [2.45, 2.75) is 46.2 Å². The van der Waals surface area contributed by atoms with Gasteiger partial charge in [0.2, 0.25) is 0 Å². The van der Waals surface area contributed by atoms with Crippen LogP contribution in [-0.2, 0) is 13.0 Å². The van der Waals surface area contributed by atoms with E-state index in [1.165, 1.54) is 17.5 Å². The lowest BCUT2D eigenvalue weighted by atomic mass is 10.00. The third-order valence-electron chi connectivity index (χ3n) is 3.73. The number of nitrogens with zero attached hydrogens (tertiary/aromatic N) is 1. The molecule has 0 saturated heterocycles. The van der Waals surface area contributed by atoms with Gasteiger partial charge in [0.05, 0.1) is 0 Å². The van der Waals surface area contributed by atoms with Crippen LogP contribution < -0.4 is 5.32 Å². The average molecular weight is 262 g/mol.